The fraction of sp³-hybridized carbons (Fsp3) is 0.316. The van der Waals surface area contributed by atoms with Crippen LogP contribution in [0.2, 0.25) is 8.67 Å². The number of nitrogens with zero attached hydrogens (tertiary/aromatic N) is 2. The molecule has 1 aromatic carbocycles. The number of thiophene rings is 1. The molecule has 0 spiro atoms. The number of hydrogen-bond donors (Lipinski definition) is 1. The van der Waals surface area contributed by atoms with Gasteiger partial charge in [0.15, 0.2) is 0 Å². The van der Waals surface area contributed by atoms with Crippen molar-refractivity contribution >= 4 is 51.3 Å². The lowest BCUT2D eigenvalue weighted by Crippen LogP contribution is -2.49. The maximum absolute atomic E-state index is 13.0. The standard InChI is InChI=1S/C19H19Cl2N3OS/c1-12(15-11-16(20)26-18(15)21)23-7-9-24(10-8-23)19(25)14-4-2-3-13-5-6-22-17(13)14/h2-6,11-12,22H,7-10H2,1H3. The molecule has 4 rings (SSSR count). The van der Waals surface area contributed by atoms with Crippen LogP contribution in [0.1, 0.15) is 28.9 Å². The van der Waals surface area contributed by atoms with Crippen molar-refractivity contribution in [2.45, 2.75) is 13.0 Å². The van der Waals surface area contributed by atoms with Crippen LogP contribution in [0.4, 0.5) is 0 Å². The largest absolute Gasteiger partial charge is 0.361 e. The van der Waals surface area contributed by atoms with Crippen LogP contribution in [0.3, 0.4) is 0 Å². The molecule has 0 saturated carbocycles. The molecule has 1 atom stereocenters. The lowest BCUT2D eigenvalue weighted by Gasteiger charge is -2.38. The summed E-state index contributed by atoms with van der Waals surface area (Å²) in [5.74, 6) is 0.0852. The van der Waals surface area contributed by atoms with Gasteiger partial charge < -0.3 is 9.88 Å². The van der Waals surface area contributed by atoms with E-state index in [2.05, 4.69) is 16.8 Å². The second-order valence-corrected chi connectivity index (χ2v) is 8.82. The second-order valence-electron chi connectivity index (χ2n) is 6.53. The predicted molar refractivity (Wildman–Crippen MR) is 109 cm³/mol. The molecule has 0 bridgehead atoms. The molecule has 1 saturated heterocycles. The fourth-order valence-electron chi connectivity index (χ4n) is 3.58. The number of benzene rings is 1. The van der Waals surface area contributed by atoms with Gasteiger partial charge >= 0.3 is 0 Å². The summed E-state index contributed by atoms with van der Waals surface area (Å²) < 4.78 is 1.46. The number of para-hydroxylation sites is 1. The molecule has 1 N–H and O–H groups in total. The minimum Gasteiger partial charge on any atom is -0.361 e. The maximum Gasteiger partial charge on any atom is 0.256 e. The first-order valence-corrected chi connectivity index (χ1v) is 10.2. The normalized spacial score (nSPS) is 17.0. The molecule has 0 radical (unpaired) electrons. The zero-order valence-corrected chi connectivity index (χ0v) is 16.7. The van der Waals surface area contributed by atoms with Crippen molar-refractivity contribution in [3.05, 3.63) is 56.3 Å². The van der Waals surface area contributed by atoms with E-state index >= 15 is 0 Å². The first kappa shape index (κ1) is 17.9. The number of aromatic amines is 1. The first-order valence-electron chi connectivity index (χ1n) is 8.59. The van der Waals surface area contributed by atoms with Crippen molar-refractivity contribution < 1.29 is 4.79 Å². The fourth-order valence-corrected chi connectivity index (χ4v) is 5.21. The summed E-state index contributed by atoms with van der Waals surface area (Å²) in [6, 6.07) is 9.96. The van der Waals surface area contributed by atoms with Gasteiger partial charge in [0.25, 0.3) is 5.91 Å². The third kappa shape index (κ3) is 3.25. The van der Waals surface area contributed by atoms with Crippen LogP contribution in [0.25, 0.3) is 10.9 Å². The predicted octanol–water partition coefficient (Wildman–Crippen LogP) is 5.06. The number of H-pyrrole nitrogens is 1. The highest BCUT2D eigenvalue weighted by Gasteiger charge is 2.27. The number of piperazine rings is 1. The van der Waals surface area contributed by atoms with Crippen molar-refractivity contribution in [2.24, 2.45) is 0 Å². The maximum atomic E-state index is 13.0. The molecule has 0 aliphatic carbocycles. The van der Waals surface area contributed by atoms with E-state index in [4.69, 9.17) is 23.2 Å². The quantitative estimate of drug-likeness (QED) is 0.659. The molecule has 26 heavy (non-hydrogen) atoms. The van der Waals surface area contributed by atoms with E-state index in [1.54, 1.807) is 0 Å². The Morgan fingerprint density at radius 3 is 2.65 bits per heavy atom. The van der Waals surface area contributed by atoms with E-state index in [1.165, 1.54) is 11.3 Å². The van der Waals surface area contributed by atoms with Crippen LogP contribution < -0.4 is 0 Å². The van der Waals surface area contributed by atoms with Gasteiger partial charge in [-0.25, -0.2) is 0 Å². The Hall–Kier alpha value is -1.53. The molecule has 3 heterocycles. The zero-order valence-electron chi connectivity index (χ0n) is 14.3. The van der Waals surface area contributed by atoms with Gasteiger partial charge in [-0.3, -0.25) is 9.69 Å². The van der Waals surface area contributed by atoms with E-state index < -0.39 is 0 Å². The molecular weight excluding hydrogens is 389 g/mol. The molecule has 7 heteroatoms. The Kier molecular flexibility index (Phi) is 4.97. The average Bonchev–Trinajstić information content (AvgIpc) is 3.26. The lowest BCUT2D eigenvalue weighted by atomic mass is 10.1. The van der Waals surface area contributed by atoms with Crippen molar-refractivity contribution in [1.82, 2.24) is 14.8 Å². The molecule has 4 nitrogen and oxygen atoms in total. The summed E-state index contributed by atoms with van der Waals surface area (Å²) in [6.07, 6.45) is 1.87. The highest BCUT2D eigenvalue weighted by Crippen LogP contribution is 2.37. The summed E-state index contributed by atoms with van der Waals surface area (Å²) in [4.78, 5) is 20.4. The van der Waals surface area contributed by atoms with Crippen molar-refractivity contribution in [2.75, 3.05) is 26.2 Å². The zero-order chi connectivity index (χ0) is 18.3. The van der Waals surface area contributed by atoms with Crippen LogP contribution in [0.15, 0.2) is 36.5 Å². The Morgan fingerprint density at radius 2 is 1.96 bits per heavy atom. The Labute approximate surface area is 166 Å². The minimum atomic E-state index is 0.0852. The average molecular weight is 408 g/mol. The summed E-state index contributed by atoms with van der Waals surface area (Å²) in [5, 5.41) is 1.06. The number of amides is 1. The van der Waals surface area contributed by atoms with Gasteiger partial charge in [0.1, 0.15) is 0 Å². The van der Waals surface area contributed by atoms with Crippen molar-refractivity contribution in [3.63, 3.8) is 0 Å². The number of carbonyl (C=O) groups excluding carboxylic acids is 1. The number of hydrogen-bond acceptors (Lipinski definition) is 3. The van der Waals surface area contributed by atoms with Gasteiger partial charge in [0, 0.05) is 49.4 Å². The van der Waals surface area contributed by atoms with Crippen molar-refractivity contribution in [3.8, 4) is 0 Å². The van der Waals surface area contributed by atoms with Gasteiger partial charge in [-0.1, -0.05) is 35.3 Å². The first-order chi connectivity index (χ1) is 12.5. The Balaban J connectivity index is 1.46. The van der Waals surface area contributed by atoms with E-state index in [0.717, 1.165) is 39.5 Å². The molecular formula is C19H19Cl2N3OS. The van der Waals surface area contributed by atoms with Crippen LogP contribution in [0.5, 0.6) is 0 Å². The molecule has 136 valence electrons. The smallest absolute Gasteiger partial charge is 0.256 e. The molecule has 1 fully saturated rings. The lowest BCUT2D eigenvalue weighted by molar-refractivity contribution is 0.0584. The molecule has 3 aromatic rings. The third-order valence-electron chi connectivity index (χ3n) is 5.10. The topological polar surface area (TPSA) is 39.3 Å². The molecule has 1 unspecified atom stereocenters. The summed E-state index contributed by atoms with van der Waals surface area (Å²) >= 11 is 13.8. The summed E-state index contributed by atoms with van der Waals surface area (Å²) in [5.41, 5.74) is 2.72. The summed E-state index contributed by atoms with van der Waals surface area (Å²) in [6.45, 7) is 5.18. The van der Waals surface area contributed by atoms with Gasteiger partial charge in [-0.05, 0) is 25.1 Å². The Morgan fingerprint density at radius 1 is 1.19 bits per heavy atom. The van der Waals surface area contributed by atoms with Crippen LogP contribution >= 0.6 is 34.5 Å². The molecule has 2 aromatic heterocycles. The second kappa shape index (κ2) is 7.24. The Bertz CT molecular complexity index is 943. The number of aromatic nitrogens is 1. The van der Waals surface area contributed by atoms with Crippen LogP contribution in [0, 0.1) is 0 Å². The number of nitrogens with one attached hydrogen (secondary N) is 1. The molecule has 1 aliphatic heterocycles. The highest BCUT2D eigenvalue weighted by molar-refractivity contribution is 7.20. The van der Waals surface area contributed by atoms with Crippen LogP contribution in [-0.2, 0) is 0 Å². The summed E-state index contributed by atoms with van der Waals surface area (Å²) in [7, 11) is 0. The monoisotopic (exact) mass is 407 g/mol. The SMILES string of the molecule is CC(c1cc(Cl)sc1Cl)N1CCN(C(=O)c2cccc3cc[nH]c23)CC1. The van der Waals surface area contributed by atoms with Gasteiger partial charge in [0.2, 0.25) is 0 Å². The molecule has 1 amide bonds. The van der Waals surface area contributed by atoms with E-state index in [9.17, 15) is 4.79 Å². The number of carbonyl (C=O) groups is 1. The third-order valence-corrected chi connectivity index (χ3v) is 6.62. The van der Waals surface area contributed by atoms with Crippen LogP contribution in [-0.4, -0.2) is 46.9 Å². The van der Waals surface area contributed by atoms with Gasteiger partial charge in [0.05, 0.1) is 19.8 Å². The number of rotatable bonds is 3. The van der Waals surface area contributed by atoms with Gasteiger partial charge in [-0.15, -0.1) is 11.3 Å². The molecule has 1 aliphatic rings. The number of fused-ring (bicyclic) bond motifs is 1. The van der Waals surface area contributed by atoms with Gasteiger partial charge in [-0.2, -0.15) is 0 Å². The minimum absolute atomic E-state index is 0.0852. The van der Waals surface area contributed by atoms with Crippen molar-refractivity contribution in [1.29, 1.82) is 0 Å². The van der Waals surface area contributed by atoms with E-state index in [0.29, 0.717) is 17.4 Å². The number of halogens is 2. The highest BCUT2D eigenvalue weighted by atomic mass is 35.5. The van der Waals surface area contributed by atoms with E-state index in [1.807, 2.05) is 41.4 Å². The van der Waals surface area contributed by atoms with E-state index in [-0.39, 0.29) is 11.9 Å².